The first-order chi connectivity index (χ1) is 15.8. The van der Waals surface area contributed by atoms with E-state index in [1.165, 1.54) is 0 Å². The zero-order chi connectivity index (χ0) is 21.8. The van der Waals surface area contributed by atoms with Crippen LogP contribution < -0.4 is 25.8 Å². The number of nitrogens with one attached hydrogen (secondary N) is 3. The average Bonchev–Trinajstić information content (AvgIpc) is 3.36. The van der Waals surface area contributed by atoms with Crippen LogP contribution in [0.4, 0.5) is 17.2 Å². The van der Waals surface area contributed by atoms with Crippen molar-refractivity contribution < 1.29 is 9.21 Å². The Kier molecular flexibility index (Phi) is 5.90. The van der Waals surface area contributed by atoms with E-state index in [-0.39, 0.29) is 11.8 Å². The van der Waals surface area contributed by atoms with E-state index in [9.17, 15) is 4.79 Å². The molecule has 0 aromatic carbocycles. The molecule has 11 nitrogen and oxygen atoms in total. The number of anilines is 3. The van der Waals surface area contributed by atoms with Crippen molar-refractivity contribution in [1.29, 1.82) is 0 Å². The highest BCUT2D eigenvalue weighted by molar-refractivity contribution is 6.02. The van der Waals surface area contributed by atoms with Gasteiger partial charge in [0.15, 0.2) is 0 Å². The van der Waals surface area contributed by atoms with E-state index in [1.807, 2.05) is 18.2 Å². The number of aromatic nitrogens is 4. The van der Waals surface area contributed by atoms with Crippen LogP contribution in [0.15, 0.2) is 41.1 Å². The normalized spacial score (nSPS) is 16.8. The van der Waals surface area contributed by atoms with Gasteiger partial charge in [-0.05, 0) is 18.2 Å². The van der Waals surface area contributed by atoms with Crippen molar-refractivity contribution in [2.24, 2.45) is 0 Å². The second kappa shape index (κ2) is 9.28. The molecule has 0 unspecified atom stereocenters. The predicted molar refractivity (Wildman–Crippen MR) is 120 cm³/mol. The van der Waals surface area contributed by atoms with Gasteiger partial charge in [-0.25, -0.2) is 4.98 Å². The maximum absolute atomic E-state index is 12.8. The highest BCUT2D eigenvalue weighted by Gasteiger charge is 2.21. The topological polar surface area (TPSA) is 124 Å². The third kappa shape index (κ3) is 4.39. The fourth-order valence-corrected chi connectivity index (χ4v) is 3.87. The third-order valence-electron chi connectivity index (χ3n) is 5.52. The molecule has 5 heterocycles. The second-order valence-corrected chi connectivity index (χ2v) is 7.61. The van der Waals surface area contributed by atoms with Gasteiger partial charge in [0.25, 0.3) is 5.89 Å². The molecule has 0 radical (unpaired) electrons. The Balaban J connectivity index is 1.32. The summed E-state index contributed by atoms with van der Waals surface area (Å²) in [5.41, 5.74) is 2.06. The summed E-state index contributed by atoms with van der Waals surface area (Å²) in [6, 6.07) is 7.55. The molecule has 2 aliphatic rings. The second-order valence-electron chi connectivity index (χ2n) is 7.61. The minimum Gasteiger partial charge on any atom is -0.411 e. The standard InChI is InChI=1S/C21H25N9O2/c31-19(26-16-14-24-5-4-17(16)29-10-6-22-7-11-29)21-28-27-20(32-21)15-2-1-3-18(25-15)30-12-8-23-9-13-30/h1-5,14,22-23H,6-13H2,(H,26,31). The van der Waals surface area contributed by atoms with Crippen molar-refractivity contribution in [2.45, 2.75) is 0 Å². The van der Waals surface area contributed by atoms with E-state index in [4.69, 9.17) is 4.42 Å². The van der Waals surface area contributed by atoms with Gasteiger partial charge in [-0.1, -0.05) is 6.07 Å². The van der Waals surface area contributed by atoms with Crippen LogP contribution in [0, 0.1) is 0 Å². The van der Waals surface area contributed by atoms with Crippen LogP contribution in [0.1, 0.15) is 10.7 Å². The maximum Gasteiger partial charge on any atom is 0.313 e. The van der Waals surface area contributed by atoms with E-state index < -0.39 is 5.91 Å². The lowest BCUT2D eigenvalue weighted by Gasteiger charge is -2.30. The van der Waals surface area contributed by atoms with Crippen molar-refractivity contribution in [1.82, 2.24) is 30.8 Å². The molecule has 3 N–H and O–H groups in total. The molecule has 0 aliphatic carbocycles. The number of carbonyl (C=O) groups excluding carboxylic acids is 1. The Hall–Kier alpha value is -3.57. The molecule has 1 amide bonds. The number of hydrogen-bond donors (Lipinski definition) is 3. The van der Waals surface area contributed by atoms with Gasteiger partial charge in [0, 0.05) is 58.6 Å². The van der Waals surface area contributed by atoms with E-state index >= 15 is 0 Å². The zero-order valence-corrected chi connectivity index (χ0v) is 17.6. The molecular weight excluding hydrogens is 410 g/mol. The van der Waals surface area contributed by atoms with Gasteiger partial charge in [-0.3, -0.25) is 9.78 Å². The van der Waals surface area contributed by atoms with Gasteiger partial charge in [0.05, 0.1) is 17.6 Å². The quantitative estimate of drug-likeness (QED) is 0.525. The van der Waals surface area contributed by atoms with Crippen LogP contribution >= 0.6 is 0 Å². The molecule has 0 atom stereocenters. The van der Waals surface area contributed by atoms with E-state index in [2.05, 4.69) is 45.9 Å². The van der Waals surface area contributed by atoms with Gasteiger partial charge < -0.3 is 30.2 Å². The van der Waals surface area contributed by atoms with Crippen molar-refractivity contribution >= 4 is 23.1 Å². The van der Waals surface area contributed by atoms with Crippen LogP contribution in [0.25, 0.3) is 11.6 Å². The predicted octanol–water partition coefficient (Wildman–Crippen LogP) is 0.598. The highest BCUT2D eigenvalue weighted by atomic mass is 16.4. The first-order valence-electron chi connectivity index (χ1n) is 10.8. The lowest BCUT2D eigenvalue weighted by atomic mass is 10.2. The first-order valence-corrected chi connectivity index (χ1v) is 10.8. The molecule has 0 bridgehead atoms. The van der Waals surface area contributed by atoms with Gasteiger partial charge in [0.2, 0.25) is 0 Å². The average molecular weight is 435 g/mol. The molecule has 3 aromatic heterocycles. The van der Waals surface area contributed by atoms with Crippen LogP contribution in [-0.4, -0.2) is 78.4 Å². The largest absolute Gasteiger partial charge is 0.411 e. The van der Waals surface area contributed by atoms with Gasteiger partial charge in [0.1, 0.15) is 11.5 Å². The third-order valence-corrected chi connectivity index (χ3v) is 5.52. The van der Waals surface area contributed by atoms with E-state index in [0.29, 0.717) is 11.4 Å². The minimum absolute atomic E-state index is 0.121. The Labute approximate surface area is 185 Å². The summed E-state index contributed by atoms with van der Waals surface area (Å²) in [6.45, 7) is 7.09. The molecule has 2 fully saturated rings. The van der Waals surface area contributed by atoms with Crippen molar-refractivity contribution in [3.8, 4) is 11.6 Å². The summed E-state index contributed by atoms with van der Waals surface area (Å²) in [5.74, 6) is 0.459. The van der Waals surface area contributed by atoms with Gasteiger partial charge in [-0.15, -0.1) is 10.2 Å². The number of hydrogen-bond acceptors (Lipinski definition) is 10. The Bertz CT molecular complexity index is 1070. The van der Waals surface area contributed by atoms with Gasteiger partial charge >= 0.3 is 11.8 Å². The van der Waals surface area contributed by atoms with Crippen LogP contribution in [-0.2, 0) is 0 Å². The monoisotopic (exact) mass is 435 g/mol. The van der Waals surface area contributed by atoms with Crippen LogP contribution in [0.3, 0.4) is 0 Å². The zero-order valence-electron chi connectivity index (χ0n) is 17.6. The molecule has 166 valence electrons. The Morgan fingerprint density at radius 1 is 0.969 bits per heavy atom. The number of piperazine rings is 2. The SMILES string of the molecule is O=C(Nc1cnccc1N1CCNCC1)c1nnc(-c2cccc(N3CCNCC3)n2)o1. The summed E-state index contributed by atoms with van der Waals surface area (Å²) in [5, 5.41) is 17.5. The molecule has 2 aliphatic heterocycles. The fraction of sp³-hybridized carbons (Fsp3) is 0.381. The fourth-order valence-electron chi connectivity index (χ4n) is 3.87. The minimum atomic E-state index is -0.480. The summed E-state index contributed by atoms with van der Waals surface area (Å²) in [6.07, 6.45) is 3.35. The number of amides is 1. The molecule has 0 spiro atoms. The van der Waals surface area contributed by atoms with E-state index in [1.54, 1.807) is 18.5 Å². The number of carbonyl (C=O) groups is 1. The van der Waals surface area contributed by atoms with Crippen molar-refractivity contribution in [3.05, 3.63) is 42.5 Å². The molecule has 5 rings (SSSR count). The summed E-state index contributed by atoms with van der Waals surface area (Å²) >= 11 is 0. The lowest BCUT2D eigenvalue weighted by Crippen LogP contribution is -2.43. The van der Waals surface area contributed by atoms with Crippen LogP contribution in [0.5, 0.6) is 0 Å². The number of nitrogens with zero attached hydrogens (tertiary/aromatic N) is 6. The Morgan fingerprint density at radius 3 is 2.50 bits per heavy atom. The molecule has 11 heteroatoms. The van der Waals surface area contributed by atoms with E-state index in [0.717, 1.165) is 63.9 Å². The number of pyridine rings is 2. The maximum atomic E-state index is 12.8. The summed E-state index contributed by atoms with van der Waals surface area (Å²) in [4.78, 5) is 26.0. The highest BCUT2D eigenvalue weighted by Crippen LogP contribution is 2.26. The smallest absolute Gasteiger partial charge is 0.313 e. The molecule has 32 heavy (non-hydrogen) atoms. The molecular formula is C21H25N9O2. The Morgan fingerprint density at radius 2 is 1.72 bits per heavy atom. The molecule has 2 saturated heterocycles. The summed E-state index contributed by atoms with van der Waals surface area (Å²) in [7, 11) is 0. The van der Waals surface area contributed by atoms with Crippen molar-refractivity contribution in [3.63, 3.8) is 0 Å². The molecule has 3 aromatic rings. The molecule has 0 saturated carbocycles. The lowest BCUT2D eigenvalue weighted by molar-refractivity contribution is 0.0991. The summed E-state index contributed by atoms with van der Waals surface area (Å²) < 4.78 is 5.66. The van der Waals surface area contributed by atoms with Crippen molar-refractivity contribution in [2.75, 3.05) is 67.5 Å². The van der Waals surface area contributed by atoms with Crippen LogP contribution in [0.2, 0.25) is 0 Å². The first kappa shape index (κ1) is 20.3. The van der Waals surface area contributed by atoms with Gasteiger partial charge in [-0.2, -0.15) is 0 Å². The number of rotatable bonds is 5.